The van der Waals surface area contributed by atoms with E-state index in [2.05, 4.69) is 46.6 Å². The van der Waals surface area contributed by atoms with Gasteiger partial charge in [-0.05, 0) is 19.1 Å². The highest BCUT2D eigenvalue weighted by atomic mass is 32.1. The average molecular weight is 262 g/mol. The number of nitrogens with zero attached hydrogens (tertiary/aromatic N) is 2. The van der Waals surface area contributed by atoms with Crippen LogP contribution in [0.2, 0.25) is 0 Å². The van der Waals surface area contributed by atoms with Crippen LogP contribution in [-0.4, -0.2) is 17.0 Å². The van der Waals surface area contributed by atoms with Gasteiger partial charge in [-0.1, -0.05) is 6.92 Å². The van der Waals surface area contributed by atoms with Crippen LogP contribution in [0.25, 0.3) is 0 Å². The number of nitrogens with one attached hydrogen (secondary N) is 2. The van der Waals surface area contributed by atoms with E-state index in [0.29, 0.717) is 0 Å². The van der Waals surface area contributed by atoms with Crippen molar-refractivity contribution in [2.75, 3.05) is 17.7 Å². The molecule has 0 spiro atoms. The van der Waals surface area contributed by atoms with Gasteiger partial charge in [0, 0.05) is 29.3 Å². The molecular weight excluding hydrogens is 244 g/mol. The van der Waals surface area contributed by atoms with Gasteiger partial charge in [-0.3, -0.25) is 0 Å². The molecule has 0 amide bonds. The summed E-state index contributed by atoms with van der Waals surface area (Å²) >= 11 is 1.81. The van der Waals surface area contributed by atoms with E-state index in [9.17, 15) is 0 Å². The van der Waals surface area contributed by atoms with Crippen molar-refractivity contribution >= 4 is 23.0 Å². The molecule has 0 saturated heterocycles. The van der Waals surface area contributed by atoms with Crippen LogP contribution in [0.1, 0.15) is 22.5 Å². The fraction of sp³-hybridized carbons (Fsp3) is 0.385. The zero-order valence-electron chi connectivity index (χ0n) is 10.9. The summed E-state index contributed by atoms with van der Waals surface area (Å²) in [6, 6.07) is 6.21. The topological polar surface area (TPSA) is 49.8 Å². The predicted molar refractivity (Wildman–Crippen MR) is 77.3 cm³/mol. The molecule has 0 aromatic carbocycles. The number of anilines is 2. The molecule has 4 nitrogen and oxygen atoms in total. The lowest BCUT2D eigenvalue weighted by atomic mass is 10.4. The second kappa shape index (κ2) is 5.82. The van der Waals surface area contributed by atoms with Gasteiger partial charge in [-0.2, -0.15) is 0 Å². The molecule has 2 N–H and O–H groups in total. The molecule has 0 aliphatic rings. The van der Waals surface area contributed by atoms with E-state index in [1.54, 1.807) is 11.3 Å². The van der Waals surface area contributed by atoms with E-state index in [0.717, 1.165) is 30.4 Å². The van der Waals surface area contributed by atoms with Crippen LogP contribution < -0.4 is 10.6 Å². The van der Waals surface area contributed by atoms with Gasteiger partial charge < -0.3 is 10.6 Å². The van der Waals surface area contributed by atoms with Crippen molar-refractivity contribution in [3.8, 4) is 0 Å². The standard InChI is InChI=1S/C13H18N4S/c1-4-11-16-12(14-3)7-13(17-11)15-8-10-6-5-9(2)18-10/h5-7H,4,8H2,1-3H3,(H2,14,15,16,17). The Hall–Kier alpha value is -1.62. The average Bonchev–Trinajstić information content (AvgIpc) is 2.81. The van der Waals surface area contributed by atoms with Gasteiger partial charge in [0.1, 0.15) is 17.5 Å². The summed E-state index contributed by atoms with van der Waals surface area (Å²) < 4.78 is 0. The lowest BCUT2D eigenvalue weighted by Gasteiger charge is -2.08. The number of thiophene rings is 1. The highest BCUT2D eigenvalue weighted by Gasteiger charge is 2.03. The maximum Gasteiger partial charge on any atom is 0.132 e. The van der Waals surface area contributed by atoms with E-state index in [1.165, 1.54) is 9.75 Å². The van der Waals surface area contributed by atoms with E-state index >= 15 is 0 Å². The van der Waals surface area contributed by atoms with Gasteiger partial charge in [-0.25, -0.2) is 9.97 Å². The molecule has 0 atom stereocenters. The smallest absolute Gasteiger partial charge is 0.132 e. The number of rotatable bonds is 5. The number of aryl methyl sites for hydroxylation is 2. The van der Waals surface area contributed by atoms with Crippen molar-refractivity contribution in [3.05, 3.63) is 33.8 Å². The Morgan fingerprint density at radius 2 is 2.00 bits per heavy atom. The summed E-state index contributed by atoms with van der Waals surface area (Å²) in [6.45, 7) is 4.98. The Morgan fingerprint density at radius 3 is 2.61 bits per heavy atom. The largest absolute Gasteiger partial charge is 0.373 e. The molecule has 2 aromatic heterocycles. The molecule has 0 fully saturated rings. The van der Waals surface area contributed by atoms with Crippen LogP contribution in [-0.2, 0) is 13.0 Å². The Labute approximate surface area is 111 Å². The predicted octanol–water partition coefficient (Wildman–Crippen LogP) is 3.06. The van der Waals surface area contributed by atoms with E-state index < -0.39 is 0 Å². The van der Waals surface area contributed by atoms with E-state index in [1.807, 2.05) is 13.1 Å². The van der Waals surface area contributed by atoms with Crippen molar-refractivity contribution < 1.29 is 0 Å². The maximum atomic E-state index is 4.46. The van der Waals surface area contributed by atoms with Crippen molar-refractivity contribution in [3.63, 3.8) is 0 Å². The van der Waals surface area contributed by atoms with Crippen molar-refractivity contribution in [2.45, 2.75) is 26.8 Å². The maximum absolute atomic E-state index is 4.46. The first-order chi connectivity index (χ1) is 8.71. The first-order valence-electron chi connectivity index (χ1n) is 6.06. The van der Waals surface area contributed by atoms with E-state index in [4.69, 9.17) is 0 Å². The fourth-order valence-electron chi connectivity index (χ4n) is 1.63. The van der Waals surface area contributed by atoms with Crippen molar-refractivity contribution in [1.29, 1.82) is 0 Å². The molecule has 0 unspecified atom stereocenters. The van der Waals surface area contributed by atoms with Gasteiger partial charge in [-0.15, -0.1) is 11.3 Å². The summed E-state index contributed by atoms with van der Waals surface area (Å²) in [5.74, 6) is 2.58. The fourth-order valence-corrected chi connectivity index (χ4v) is 2.46. The van der Waals surface area contributed by atoms with E-state index in [-0.39, 0.29) is 0 Å². The summed E-state index contributed by atoms with van der Waals surface area (Å²) in [7, 11) is 1.87. The Kier molecular flexibility index (Phi) is 4.15. The molecule has 0 aliphatic heterocycles. The number of hydrogen-bond donors (Lipinski definition) is 2. The van der Waals surface area contributed by atoms with Crippen LogP contribution in [0.3, 0.4) is 0 Å². The Morgan fingerprint density at radius 1 is 1.22 bits per heavy atom. The SMILES string of the molecule is CCc1nc(NC)cc(NCc2ccc(C)s2)n1. The van der Waals surface area contributed by atoms with Crippen LogP contribution >= 0.6 is 11.3 Å². The molecule has 2 heterocycles. The third-order valence-electron chi connectivity index (χ3n) is 2.58. The summed E-state index contributed by atoms with van der Waals surface area (Å²) in [5, 5.41) is 6.40. The third-order valence-corrected chi connectivity index (χ3v) is 3.59. The van der Waals surface area contributed by atoms with Crippen molar-refractivity contribution in [1.82, 2.24) is 9.97 Å². The third kappa shape index (κ3) is 3.20. The second-order valence-corrected chi connectivity index (χ2v) is 5.40. The number of aromatic nitrogens is 2. The summed E-state index contributed by atoms with van der Waals surface area (Å²) in [4.78, 5) is 11.5. The number of hydrogen-bond acceptors (Lipinski definition) is 5. The van der Waals surface area contributed by atoms with Crippen LogP contribution in [0.5, 0.6) is 0 Å². The van der Waals surface area contributed by atoms with Crippen LogP contribution in [0.15, 0.2) is 18.2 Å². The molecule has 2 rings (SSSR count). The Balaban J connectivity index is 2.08. The zero-order valence-corrected chi connectivity index (χ0v) is 11.8. The minimum absolute atomic E-state index is 0.807. The van der Waals surface area contributed by atoms with Crippen LogP contribution in [0, 0.1) is 6.92 Å². The summed E-state index contributed by atoms with van der Waals surface area (Å²) in [6.07, 6.45) is 0.836. The van der Waals surface area contributed by atoms with Gasteiger partial charge in [0.05, 0.1) is 6.54 Å². The summed E-state index contributed by atoms with van der Waals surface area (Å²) in [5.41, 5.74) is 0. The van der Waals surface area contributed by atoms with Gasteiger partial charge in [0.15, 0.2) is 0 Å². The molecule has 0 aliphatic carbocycles. The molecule has 5 heteroatoms. The minimum Gasteiger partial charge on any atom is -0.373 e. The monoisotopic (exact) mass is 262 g/mol. The molecule has 96 valence electrons. The molecule has 0 bridgehead atoms. The van der Waals surface area contributed by atoms with Gasteiger partial charge in [0.2, 0.25) is 0 Å². The lowest BCUT2D eigenvalue weighted by Crippen LogP contribution is -2.05. The first-order valence-corrected chi connectivity index (χ1v) is 6.87. The quantitative estimate of drug-likeness (QED) is 0.869. The minimum atomic E-state index is 0.807. The molecular formula is C13H18N4S. The van der Waals surface area contributed by atoms with Crippen molar-refractivity contribution in [2.24, 2.45) is 0 Å². The molecule has 0 radical (unpaired) electrons. The van der Waals surface area contributed by atoms with Crippen LogP contribution in [0.4, 0.5) is 11.6 Å². The lowest BCUT2D eigenvalue weighted by molar-refractivity contribution is 0.936. The highest BCUT2D eigenvalue weighted by molar-refractivity contribution is 7.11. The molecule has 2 aromatic rings. The molecule has 18 heavy (non-hydrogen) atoms. The normalized spacial score (nSPS) is 10.4. The second-order valence-electron chi connectivity index (χ2n) is 4.02. The zero-order chi connectivity index (χ0) is 13.0. The molecule has 0 saturated carbocycles. The Bertz CT molecular complexity index is 499. The van der Waals surface area contributed by atoms with Gasteiger partial charge >= 0.3 is 0 Å². The first kappa shape index (κ1) is 12.8. The highest BCUT2D eigenvalue weighted by Crippen LogP contribution is 2.17. The van der Waals surface area contributed by atoms with Gasteiger partial charge in [0.25, 0.3) is 0 Å².